The Morgan fingerprint density at radius 3 is 3.09 bits per heavy atom. The predicted octanol–water partition coefficient (Wildman–Crippen LogP) is 1.67. The molecule has 0 aliphatic carbocycles. The molecular weight excluding hydrogens is 142 g/mol. The van der Waals surface area contributed by atoms with Gasteiger partial charge in [-0.2, -0.15) is 0 Å². The number of nitrogens with zero attached hydrogens (tertiary/aromatic N) is 2. The first-order valence-corrected chi connectivity index (χ1v) is 3.93. The van der Waals surface area contributed by atoms with Gasteiger partial charge in [0.05, 0.1) is 0 Å². The van der Waals surface area contributed by atoms with Crippen LogP contribution < -0.4 is 5.32 Å². The monoisotopic (exact) mass is 155 g/mol. The van der Waals surface area contributed by atoms with Gasteiger partial charge >= 0.3 is 6.01 Å². The summed E-state index contributed by atoms with van der Waals surface area (Å²) in [4.78, 5) is 0. The van der Waals surface area contributed by atoms with E-state index in [0.717, 1.165) is 13.0 Å². The van der Waals surface area contributed by atoms with Crippen molar-refractivity contribution in [1.29, 1.82) is 0 Å². The first kappa shape index (κ1) is 8.04. The lowest BCUT2D eigenvalue weighted by Crippen LogP contribution is -2.01. The lowest BCUT2D eigenvalue weighted by molar-refractivity contribution is 0.563. The normalized spacial score (nSPS) is 9.91. The molecule has 0 saturated carbocycles. The Balaban J connectivity index is 2.04. The molecular formula is C7H13N3O. The van der Waals surface area contributed by atoms with Crippen molar-refractivity contribution >= 4 is 6.01 Å². The van der Waals surface area contributed by atoms with Gasteiger partial charge in [0.25, 0.3) is 0 Å². The molecule has 1 N–H and O–H groups in total. The van der Waals surface area contributed by atoms with E-state index in [1.54, 1.807) is 0 Å². The van der Waals surface area contributed by atoms with Gasteiger partial charge in [-0.15, -0.1) is 5.10 Å². The Morgan fingerprint density at radius 1 is 1.55 bits per heavy atom. The van der Waals surface area contributed by atoms with Crippen molar-refractivity contribution in [3.8, 4) is 0 Å². The zero-order valence-corrected chi connectivity index (χ0v) is 6.71. The molecule has 0 saturated heterocycles. The fourth-order valence-corrected chi connectivity index (χ4v) is 0.820. The van der Waals surface area contributed by atoms with E-state index < -0.39 is 0 Å². The summed E-state index contributed by atoms with van der Waals surface area (Å²) >= 11 is 0. The van der Waals surface area contributed by atoms with Crippen molar-refractivity contribution in [2.75, 3.05) is 11.9 Å². The zero-order valence-electron chi connectivity index (χ0n) is 6.71. The van der Waals surface area contributed by atoms with Gasteiger partial charge < -0.3 is 9.73 Å². The maximum absolute atomic E-state index is 4.88. The van der Waals surface area contributed by atoms with Crippen LogP contribution in [0, 0.1) is 0 Å². The maximum Gasteiger partial charge on any atom is 0.315 e. The third-order valence-electron chi connectivity index (χ3n) is 1.42. The van der Waals surface area contributed by atoms with E-state index in [9.17, 15) is 0 Å². The highest BCUT2D eigenvalue weighted by Gasteiger charge is 1.93. The number of hydrogen-bond acceptors (Lipinski definition) is 4. The number of nitrogens with one attached hydrogen (secondary N) is 1. The molecule has 62 valence electrons. The van der Waals surface area contributed by atoms with E-state index in [1.165, 1.54) is 19.2 Å². The van der Waals surface area contributed by atoms with Gasteiger partial charge in [0.2, 0.25) is 6.39 Å². The van der Waals surface area contributed by atoms with Crippen LogP contribution in [0.1, 0.15) is 26.2 Å². The summed E-state index contributed by atoms with van der Waals surface area (Å²) in [6, 6.07) is 0.515. The van der Waals surface area contributed by atoms with E-state index in [2.05, 4.69) is 22.4 Å². The molecule has 0 aromatic carbocycles. The Labute approximate surface area is 66.0 Å². The van der Waals surface area contributed by atoms with Crippen molar-refractivity contribution in [2.24, 2.45) is 0 Å². The fourth-order valence-electron chi connectivity index (χ4n) is 0.820. The quantitative estimate of drug-likeness (QED) is 0.657. The minimum absolute atomic E-state index is 0.515. The lowest BCUT2D eigenvalue weighted by atomic mass is 10.2. The highest BCUT2D eigenvalue weighted by molar-refractivity contribution is 5.14. The molecule has 0 radical (unpaired) electrons. The van der Waals surface area contributed by atoms with E-state index >= 15 is 0 Å². The van der Waals surface area contributed by atoms with Gasteiger partial charge in [-0.3, -0.25) is 0 Å². The molecule has 0 fully saturated rings. The third-order valence-corrected chi connectivity index (χ3v) is 1.42. The zero-order chi connectivity index (χ0) is 7.94. The summed E-state index contributed by atoms with van der Waals surface area (Å²) in [5, 5.41) is 10.2. The van der Waals surface area contributed by atoms with E-state index in [0.29, 0.717) is 6.01 Å². The molecule has 0 aliphatic rings. The third kappa shape index (κ3) is 3.02. The molecule has 1 aromatic heterocycles. The topological polar surface area (TPSA) is 51.0 Å². The number of anilines is 1. The van der Waals surface area contributed by atoms with Crippen LogP contribution in [-0.2, 0) is 0 Å². The number of rotatable bonds is 5. The summed E-state index contributed by atoms with van der Waals surface area (Å²) < 4.78 is 4.88. The van der Waals surface area contributed by atoms with Crippen LogP contribution in [0.25, 0.3) is 0 Å². The molecule has 0 aliphatic heterocycles. The molecule has 0 unspecified atom stereocenters. The van der Waals surface area contributed by atoms with Crippen molar-refractivity contribution in [1.82, 2.24) is 10.2 Å². The number of unbranched alkanes of at least 4 members (excludes halogenated alkanes) is 2. The van der Waals surface area contributed by atoms with Gasteiger partial charge in [-0.05, 0) is 6.42 Å². The Morgan fingerprint density at radius 2 is 2.45 bits per heavy atom. The Bertz CT molecular complexity index is 174. The molecule has 11 heavy (non-hydrogen) atoms. The smallest absolute Gasteiger partial charge is 0.315 e. The summed E-state index contributed by atoms with van der Waals surface area (Å²) in [5.74, 6) is 0. The minimum Gasteiger partial charge on any atom is -0.411 e. The first-order chi connectivity index (χ1) is 5.43. The molecule has 1 rings (SSSR count). The van der Waals surface area contributed by atoms with Gasteiger partial charge in [0, 0.05) is 6.54 Å². The van der Waals surface area contributed by atoms with Crippen LogP contribution in [0.2, 0.25) is 0 Å². The van der Waals surface area contributed by atoms with Crippen molar-refractivity contribution in [3.05, 3.63) is 6.39 Å². The number of aromatic nitrogens is 2. The van der Waals surface area contributed by atoms with Crippen LogP contribution in [0.3, 0.4) is 0 Å². The largest absolute Gasteiger partial charge is 0.411 e. The molecule has 0 amide bonds. The highest BCUT2D eigenvalue weighted by Crippen LogP contribution is 1.99. The van der Waals surface area contributed by atoms with Crippen LogP contribution in [-0.4, -0.2) is 16.7 Å². The van der Waals surface area contributed by atoms with Crippen molar-refractivity contribution in [3.63, 3.8) is 0 Å². The summed E-state index contributed by atoms with van der Waals surface area (Å²) in [7, 11) is 0. The average Bonchev–Trinajstić information content (AvgIpc) is 2.50. The second kappa shape index (κ2) is 4.71. The molecule has 1 heterocycles. The maximum atomic E-state index is 4.88. The lowest BCUT2D eigenvalue weighted by Gasteiger charge is -1.97. The van der Waals surface area contributed by atoms with Crippen LogP contribution in [0.15, 0.2) is 10.8 Å². The van der Waals surface area contributed by atoms with Crippen molar-refractivity contribution < 1.29 is 4.42 Å². The molecule has 4 nitrogen and oxygen atoms in total. The highest BCUT2D eigenvalue weighted by atomic mass is 16.4. The van der Waals surface area contributed by atoms with Gasteiger partial charge in [0.1, 0.15) is 0 Å². The van der Waals surface area contributed by atoms with E-state index in [-0.39, 0.29) is 0 Å². The minimum atomic E-state index is 0.515. The molecule has 0 bridgehead atoms. The van der Waals surface area contributed by atoms with Crippen LogP contribution >= 0.6 is 0 Å². The van der Waals surface area contributed by atoms with Gasteiger partial charge in [0.15, 0.2) is 0 Å². The second-order valence-corrected chi connectivity index (χ2v) is 2.38. The predicted molar refractivity (Wildman–Crippen MR) is 42.3 cm³/mol. The van der Waals surface area contributed by atoms with Gasteiger partial charge in [-0.1, -0.05) is 24.9 Å². The molecule has 0 spiro atoms. The summed E-state index contributed by atoms with van der Waals surface area (Å²) in [5.41, 5.74) is 0. The number of hydrogen-bond donors (Lipinski definition) is 1. The Kier molecular flexibility index (Phi) is 3.44. The average molecular weight is 155 g/mol. The molecule has 4 heteroatoms. The van der Waals surface area contributed by atoms with Crippen molar-refractivity contribution in [2.45, 2.75) is 26.2 Å². The van der Waals surface area contributed by atoms with Crippen LogP contribution in [0.4, 0.5) is 6.01 Å². The van der Waals surface area contributed by atoms with Gasteiger partial charge in [-0.25, -0.2) is 0 Å². The standard InChI is InChI=1S/C7H13N3O/c1-2-3-4-5-8-7-10-9-6-11-7/h6H,2-5H2,1H3,(H,8,10). The summed E-state index contributed by atoms with van der Waals surface area (Å²) in [6.07, 6.45) is 4.94. The van der Waals surface area contributed by atoms with E-state index in [4.69, 9.17) is 4.42 Å². The molecule has 0 atom stereocenters. The summed E-state index contributed by atoms with van der Waals surface area (Å²) in [6.45, 7) is 3.09. The molecule has 1 aromatic rings. The SMILES string of the molecule is CCCCCNc1nnco1. The second-order valence-electron chi connectivity index (χ2n) is 2.38. The van der Waals surface area contributed by atoms with Crippen LogP contribution in [0.5, 0.6) is 0 Å². The van der Waals surface area contributed by atoms with E-state index in [1.807, 2.05) is 0 Å². The first-order valence-electron chi connectivity index (χ1n) is 3.93. The fraction of sp³-hybridized carbons (Fsp3) is 0.714. The Hall–Kier alpha value is -1.06.